The Kier molecular flexibility index (Phi) is 11.6. The summed E-state index contributed by atoms with van der Waals surface area (Å²) in [6, 6.07) is 18.3. The van der Waals surface area contributed by atoms with Crippen molar-refractivity contribution in [2.45, 2.75) is 76.7 Å². The van der Waals surface area contributed by atoms with Crippen LogP contribution in [-0.2, 0) is 20.9 Å². The number of piperazine rings is 1. The maximum Gasteiger partial charge on any atom is 0.305 e. The summed E-state index contributed by atoms with van der Waals surface area (Å²) in [6.45, 7) is 5.38. The van der Waals surface area contributed by atoms with Crippen molar-refractivity contribution in [3.63, 3.8) is 0 Å². The van der Waals surface area contributed by atoms with Crippen molar-refractivity contribution in [3.8, 4) is 11.5 Å². The molecule has 10 nitrogen and oxygen atoms in total. The average Bonchev–Trinajstić information content (AvgIpc) is 3.93. The zero-order chi connectivity index (χ0) is 36.2. The van der Waals surface area contributed by atoms with E-state index in [0.29, 0.717) is 46.6 Å². The number of aliphatic hydroxyl groups excluding tert-OH is 1. The summed E-state index contributed by atoms with van der Waals surface area (Å²) in [7, 11) is 0. The molecule has 0 radical (unpaired) electrons. The molecular formula is C39H43Cl2N3O7. The van der Waals surface area contributed by atoms with Gasteiger partial charge in [0.15, 0.2) is 0 Å². The Morgan fingerprint density at radius 1 is 0.922 bits per heavy atom. The topological polar surface area (TPSA) is 129 Å². The molecule has 51 heavy (non-hydrogen) atoms. The molecule has 3 N–H and O–H groups in total. The standard InChI is InChI=1S/C39H43Cl2N3O7/c1-23-15-32(41)35(16-24(23)2)51-14-13-50-34-10-6-4-8-29(34)30-17-26-21-43(36(46)18-28(45)19-37(47)48)22-33(42-26)38(30)39(49)44(27-11-12-27)20-25-7-3-5-9-31(25)40/h3-10,15-16,26-28,33,42,45H,11-14,17-22H2,1-2H3,(H,47,48)/t26-,28-,33-/m1/s1. The smallest absolute Gasteiger partial charge is 0.305 e. The number of fused-ring (bicyclic) bond motifs is 2. The van der Waals surface area contributed by atoms with Gasteiger partial charge in [0.25, 0.3) is 5.91 Å². The quantitative estimate of drug-likeness (QED) is 0.177. The van der Waals surface area contributed by atoms with E-state index in [4.69, 9.17) is 37.8 Å². The summed E-state index contributed by atoms with van der Waals surface area (Å²) in [5.74, 6) is -0.453. The number of halogens is 2. The third-order valence-electron chi connectivity index (χ3n) is 9.71. The lowest BCUT2D eigenvalue weighted by Gasteiger charge is -2.45. The van der Waals surface area contributed by atoms with Crippen molar-refractivity contribution in [1.82, 2.24) is 15.1 Å². The van der Waals surface area contributed by atoms with E-state index < -0.39 is 24.5 Å². The highest BCUT2D eigenvalue weighted by Crippen LogP contribution is 2.40. The summed E-state index contributed by atoms with van der Waals surface area (Å²) >= 11 is 13.0. The van der Waals surface area contributed by atoms with Gasteiger partial charge in [-0.3, -0.25) is 14.4 Å². The molecule has 0 spiro atoms. The SMILES string of the molecule is Cc1cc(Cl)c(OCCOc2ccccc2C2=C(C(=O)N(Cc3ccccc3Cl)C3CC3)[C@H]3CN(C(=O)C[C@@H](O)CC(=O)O)C[C@@H](C2)N3)cc1C. The minimum absolute atomic E-state index is 0.0635. The molecule has 3 atom stereocenters. The Morgan fingerprint density at radius 3 is 2.33 bits per heavy atom. The van der Waals surface area contributed by atoms with E-state index in [1.807, 2.05) is 79.4 Å². The van der Waals surface area contributed by atoms with Crippen molar-refractivity contribution in [3.05, 3.63) is 98.5 Å². The van der Waals surface area contributed by atoms with Crippen LogP contribution in [0.15, 0.2) is 66.2 Å². The molecule has 2 fully saturated rings. The van der Waals surface area contributed by atoms with E-state index in [0.717, 1.165) is 40.7 Å². The number of nitrogens with one attached hydrogen (secondary N) is 1. The molecule has 270 valence electrons. The first-order valence-electron chi connectivity index (χ1n) is 17.3. The number of amides is 2. The highest BCUT2D eigenvalue weighted by atomic mass is 35.5. The van der Waals surface area contributed by atoms with Gasteiger partial charge in [0.05, 0.1) is 30.0 Å². The molecule has 2 bridgehead atoms. The molecular weight excluding hydrogens is 693 g/mol. The number of aryl methyl sites for hydroxylation is 2. The molecule has 1 saturated heterocycles. The molecule has 6 rings (SSSR count). The van der Waals surface area contributed by atoms with Crippen LogP contribution in [0.2, 0.25) is 10.0 Å². The lowest BCUT2D eigenvalue weighted by Crippen LogP contribution is -2.62. The number of hydrogen-bond acceptors (Lipinski definition) is 7. The van der Waals surface area contributed by atoms with Gasteiger partial charge in [-0.2, -0.15) is 0 Å². The molecule has 3 aliphatic rings. The number of ether oxygens (including phenoxy) is 2. The Bertz CT molecular complexity index is 1830. The van der Waals surface area contributed by atoms with Crippen LogP contribution in [0.5, 0.6) is 11.5 Å². The summed E-state index contributed by atoms with van der Waals surface area (Å²) < 4.78 is 12.3. The Morgan fingerprint density at radius 2 is 1.61 bits per heavy atom. The van der Waals surface area contributed by atoms with E-state index in [2.05, 4.69) is 5.32 Å². The highest BCUT2D eigenvalue weighted by Gasteiger charge is 2.44. The first-order valence-corrected chi connectivity index (χ1v) is 18.1. The monoisotopic (exact) mass is 735 g/mol. The molecule has 0 aromatic heterocycles. The Balaban J connectivity index is 1.30. The van der Waals surface area contributed by atoms with Crippen LogP contribution < -0.4 is 14.8 Å². The third-order valence-corrected chi connectivity index (χ3v) is 10.4. The number of carboxylic acid groups (broad SMARTS) is 1. The van der Waals surface area contributed by atoms with Crippen molar-refractivity contribution < 1.29 is 34.1 Å². The van der Waals surface area contributed by atoms with E-state index >= 15 is 0 Å². The minimum Gasteiger partial charge on any atom is -0.489 e. The fraction of sp³-hybridized carbons (Fsp3) is 0.410. The predicted octanol–water partition coefficient (Wildman–Crippen LogP) is 5.81. The second-order valence-electron chi connectivity index (χ2n) is 13.6. The molecule has 12 heteroatoms. The lowest BCUT2D eigenvalue weighted by atomic mass is 9.82. The summed E-state index contributed by atoms with van der Waals surface area (Å²) in [5, 5.41) is 24.0. The van der Waals surface area contributed by atoms with Crippen molar-refractivity contribution in [1.29, 1.82) is 0 Å². The van der Waals surface area contributed by atoms with Crippen LogP contribution in [0.4, 0.5) is 0 Å². The molecule has 2 amide bonds. The summed E-state index contributed by atoms with van der Waals surface area (Å²) in [4.78, 5) is 42.8. The first kappa shape index (κ1) is 36.7. The fourth-order valence-corrected chi connectivity index (χ4v) is 7.35. The van der Waals surface area contributed by atoms with Crippen LogP contribution >= 0.6 is 23.2 Å². The number of para-hydroxylation sites is 1. The van der Waals surface area contributed by atoms with Gasteiger partial charge < -0.3 is 34.8 Å². The Labute approximate surface area is 307 Å². The van der Waals surface area contributed by atoms with Gasteiger partial charge in [-0.05, 0) is 79.6 Å². The molecule has 1 aliphatic carbocycles. The number of carbonyl (C=O) groups excluding carboxylic acids is 2. The van der Waals surface area contributed by atoms with Crippen LogP contribution in [0.25, 0.3) is 5.57 Å². The second-order valence-corrected chi connectivity index (χ2v) is 14.4. The first-order chi connectivity index (χ1) is 24.5. The Hall–Kier alpha value is -4.09. The number of aliphatic carboxylic acids is 1. The highest BCUT2D eigenvalue weighted by molar-refractivity contribution is 6.32. The van der Waals surface area contributed by atoms with Gasteiger partial charge in [-0.15, -0.1) is 0 Å². The van der Waals surface area contributed by atoms with Crippen LogP contribution in [-0.4, -0.2) is 88.3 Å². The van der Waals surface area contributed by atoms with Gasteiger partial charge >= 0.3 is 5.97 Å². The van der Waals surface area contributed by atoms with E-state index in [9.17, 15) is 19.5 Å². The average molecular weight is 737 g/mol. The number of benzene rings is 3. The number of carboxylic acids is 1. The van der Waals surface area contributed by atoms with Gasteiger partial charge in [-0.25, -0.2) is 0 Å². The normalized spacial score (nSPS) is 19.0. The third kappa shape index (κ3) is 8.87. The number of carbonyl (C=O) groups is 3. The van der Waals surface area contributed by atoms with E-state index in [1.165, 1.54) is 0 Å². The summed E-state index contributed by atoms with van der Waals surface area (Å²) in [5.41, 5.74) is 5.22. The van der Waals surface area contributed by atoms with Crippen LogP contribution in [0.3, 0.4) is 0 Å². The van der Waals surface area contributed by atoms with Crippen molar-refractivity contribution in [2.75, 3.05) is 26.3 Å². The lowest BCUT2D eigenvalue weighted by molar-refractivity contribution is -0.141. The molecule has 3 aromatic carbocycles. The van der Waals surface area contributed by atoms with Crippen molar-refractivity contribution in [2.24, 2.45) is 0 Å². The minimum atomic E-state index is -1.29. The zero-order valence-corrected chi connectivity index (χ0v) is 30.3. The van der Waals surface area contributed by atoms with E-state index in [-0.39, 0.29) is 50.1 Å². The zero-order valence-electron chi connectivity index (χ0n) is 28.7. The predicted molar refractivity (Wildman–Crippen MR) is 195 cm³/mol. The number of hydrogen-bond donors (Lipinski definition) is 3. The fourth-order valence-electron chi connectivity index (χ4n) is 6.88. The number of rotatable bonds is 14. The molecule has 1 saturated carbocycles. The van der Waals surface area contributed by atoms with Crippen molar-refractivity contribution >= 4 is 46.6 Å². The van der Waals surface area contributed by atoms with Crippen LogP contribution in [0, 0.1) is 13.8 Å². The molecule has 2 heterocycles. The van der Waals surface area contributed by atoms with Crippen LogP contribution in [0.1, 0.15) is 54.4 Å². The molecule has 2 aliphatic heterocycles. The van der Waals surface area contributed by atoms with Gasteiger partial charge in [0, 0.05) is 47.9 Å². The number of nitrogens with zero attached hydrogens (tertiary/aromatic N) is 2. The van der Waals surface area contributed by atoms with Gasteiger partial charge in [0.1, 0.15) is 24.7 Å². The number of aliphatic hydroxyl groups is 1. The largest absolute Gasteiger partial charge is 0.489 e. The maximum absolute atomic E-state index is 14.9. The molecule has 0 unspecified atom stereocenters. The maximum atomic E-state index is 14.9. The molecule has 3 aromatic rings. The summed E-state index contributed by atoms with van der Waals surface area (Å²) in [6.07, 6.45) is 0.0936. The van der Waals surface area contributed by atoms with Gasteiger partial charge in [-0.1, -0.05) is 59.6 Å². The second kappa shape index (κ2) is 16.1. The van der Waals surface area contributed by atoms with Gasteiger partial charge in [0.2, 0.25) is 5.91 Å². The van der Waals surface area contributed by atoms with E-state index in [1.54, 1.807) is 4.90 Å².